The van der Waals surface area contributed by atoms with E-state index in [1.165, 1.54) is 14.2 Å². The van der Waals surface area contributed by atoms with E-state index in [4.69, 9.17) is 52.4 Å². The van der Waals surface area contributed by atoms with Crippen LogP contribution in [0.15, 0.2) is 60.7 Å². The van der Waals surface area contributed by atoms with Crippen LogP contribution in [0, 0.1) is 29.6 Å². The molecule has 5 atom stereocenters. The number of fused-ring (bicyclic) bond motifs is 1. The highest BCUT2D eigenvalue weighted by Crippen LogP contribution is 2.56. The summed E-state index contributed by atoms with van der Waals surface area (Å²) in [4.78, 5) is 63.9. The van der Waals surface area contributed by atoms with Crippen LogP contribution in [-0.2, 0) is 53.9 Å². The van der Waals surface area contributed by atoms with E-state index in [0.717, 1.165) is 30.5 Å². The minimum Gasteiger partial charge on any atom is -0.464 e. The zero-order valence-electron chi connectivity index (χ0n) is 44.6. The smallest absolute Gasteiger partial charge is 0.407 e. The summed E-state index contributed by atoms with van der Waals surface area (Å²) < 4.78 is 56.2. The van der Waals surface area contributed by atoms with Gasteiger partial charge in [0.2, 0.25) is 0 Å². The number of amides is 2. The van der Waals surface area contributed by atoms with Crippen LogP contribution in [0.25, 0.3) is 0 Å². The van der Waals surface area contributed by atoms with E-state index < -0.39 is 24.1 Å². The van der Waals surface area contributed by atoms with Crippen molar-refractivity contribution in [1.29, 1.82) is 0 Å². The number of hydrogen-bond donors (Lipinski definition) is 3. The first-order chi connectivity index (χ1) is 37.2. The van der Waals surface area contributed by atoms with Gasteiger partial charge in [0, 0.05) is 82.3 Å². The molecule has 1 saturated heterocycles. The van der Waals surface area contributed by atoms with Crippen molar-refractivity contribution in [3.63, 3.8) is 0 Å². The third kappa shape index (κ3) is 18.8. The van der Waals surface area contributed by atoms with Crippen molar-refractivity contribution in [1.82, 2.24) is 35.7 Å². The lowest BCUT2D eigenvalue weighted by atomic mass is 9.93. The number of esters is 2. The Morgan fingerprint density at radius 1 is 0.724 bits per heavy atom. The normalized spacial score (nSPS) is 21.6. The fourth-order valence-electron chi connectivity index (χ4n) is 9.67. The average Bonchev–Trinajstić information content (AvgIpc) is 4.20. The van der Waals surface area contributed by atoms with Crippen LogP contribution < -0.4 is 16.0 Å². The van der Waals surface area contributed by atoms with Crippen molar-refractivity contribution >= 4 is 23.9 Å². The fourth-order valence-corrected chi connectivity index (χ4v) is 9.67. The van der Waals surface area contributed by atoms with Gasteiger partial charge in [-0.25, -0.2) is 24.4 Å². The van der Waals surface area contributed by atoms with E-state index in [2.05, 4.69) is 42.6 Å². The summed E-state index contributed by atoms with van der Waals surface area (Å²) in [5, 5.41) is 9.17. The van der Waals surface area contributed by atoms with Gasteiger partial charge >= 0.3 is 18.0 Å². The van der Waals surface area contributed by atoms with E-state index in [9.17, 15) is 19.2 Å². The molecule has 0 bridgehead atoms. The molecule has 1 saturated carbocycles. The quantitative estimate of drug-likeness (QED) is 0.0568. The number of carbonyl (C=O) groups is 4. The van der Waals surface area contributed by atoms with Gasteiger partial charge in [-0.15, -0.1) is 5.92 Å². The molecule has 3 heterocycles. The third-order valence-corrected chi connectivity index (χ3v) is 13.6. The highest BCUT2D eigenvalue weighted by molar-refractivity contribution is 5.94. The Kier molecular flexibility index (Phi) is 25.7. The summed E-state index contributed by atoms with van der Waals surface area (Å²) in [5.74, 6) is 6.08. The van der Waals surface area contributed by atoms with E-state index >= 15 is 0 Å². The van der Waals surface area contributed by atoms with Gasteiger partial charge in [0.25, 0.3) is 5.91 Å². The standard InChI is InChI=1S/C55H77N7O14/c1-56-55-37-41(39-67-2)9-5-6-11-45(55)46(55)40-76-54(66)58-20-26-71-32-31-70-25-19-57-51(63)43-17-15-42(16-18-43)50(47-12-8-14-49(60-47)53(65)69-4)62-23-29-74-35-33-72-27-21-61(22-28-73-34-36-75-30-24-62)38-44-10-7-13-48(59-44)52(64)68-3/h7-8,10,12-18,41,45-46,50,56H,6,11,19-40H2,1-4H3,(H,57,63)(H,58,66)/t41?,45-,46+,50?,55+/m0/s1. The lowest BCUT2D eigenvalue weighted by Crippen LogP contribution is -2.36. The molecule has 2 amide bonds. The molecule has 416 valence electrons. The molecule has 2 aromatic heterocycles. The van der Waals surface area contributed by atoms with Crippen molar-refractivity contribution in [3.8, 4) is 11.8 Å². The van der Waals surface area contributed by atoms with Gasteiger partial charge in [-0.2, -0.15) is 0 Å². The Bertz CT molecular complexity index is 2300. The van der Waals surface area contributed by atoms with Crippen LogP contribution >= 0.6 is 0 Å². The maximum Gasteiger partial charge on any atom is 0.407 e. The van der Waals surface area contributed by atoms with E-state index in [1.807, 2.05) is 31.3 Å². The Morgan fingerprint density at radius 2 is 1.33 bits per heavy atom. The van der Waals surface area contributed by atoms with Crippen LogP contribution in [0.5, 0.6) is 0 Å². The number of hydrogen-bond acceptors (Lipinski definition) is 19. The number of alkyl carbamates (subject to hydrolysis) is 1. The Hall–Kier alpha value is -5.64. The predicted molar refractivity (Wildman–Crippen MR) is 279 cm³/mol. The molecule has 21 heteroatoms. The molecule has 3 aliphatic rings. The molecule has 6 rings (SSSR count). The van der Waals surface area contributed by atoms with Gasteiger partial charge in [-0.3, -0.25) is 14.6 Å². The average molecular weight is 1060 g/mol. The molecule has 1 aliphatic heterocycles. The first-order valence-electron chi connectivity index (χ1n) is 26.2. The second-order valence-electron chi connectivity index (χ2n) is 18.5. The number of benzene rings is 1. The molecule has 1 aromatic carbocycles. The number of aromatic nitrogens is 2. The summed E-state index contributed by atoms with van der Waals surface area (Å²) in [7, 11) is 6.31. The first kappa shape index (κ1) is 59.6. The Balaban J connectivity index is 0.929. The maximum atomic E-state index is 13.3. The summed E-state index contributed by atoms with van der Waals surface area (Å²) in [6.45, 7) is 8.51. The monoisotopic (exact) mass is 1060 g/mol. The molecule has 3 N–H and O–H groups in total. The van der Waals surface area contributed by atoms with Gasteiger partial charge in [0.15, 0.2) is 0 Å². The molecule has 3 aromatic rings. The molecular formula is C55H77N7O14. The summed E-state index contributed by atoms with van der Waals surface area (Å²) in [6.07, 6.45) is 2.20. The van der Waals surface area contributed by atoms with Gasteiger partial charge in [-0.1, -0.05) is 30.2 Å². The second-order valence-corrected chi connectivity index (χ2v) is 18.5. The third-order valence-electron chi connectivity index (χ3n) is 13.6. The maximum absolute atomic E-state index is 13.3. The SMILES string of the molecule is CN[C@]12CC(COC)C#CCC[C@H]1[C@H]2COC(=O)NCCOCCOCCNC(=O)c1ccc(C(c2cccc(C(=O)OC)n2)N2CCOCCOCCN(Cc3cccc(C(=O)OC)n3)CCOCCOCC2)cc1. The molecule has 2 fully saturated rings. The fraction of sp³-hybridized carbons (Fsp3) is 0.600. The van der Waals surface area contributed by atoms with Gasteiger partial charge in [0.1, 0.15) is 11.4 Å². The van der Waals surface area contributed by atoms with Gasteiger partial charge in [0.05, 0.1) is 124 Å². The lowest BCUT2D eigenvalue weighted by molar-refractivity contribution is 0.00330. The Labute approximate surface area is 446 Å². The van der Waals surface area contributed by atoms with Gasteiger partial charge < -0.3 is 63.3 Å². The minimum absolute atomic E-state index is 0.0880. The zero-order chi connectivity index (χ0) is 53.8. The van der Waals surface area contributed by atoms with Crippen molar-refractivity contribution in [2.45, 2.75) is 37.4 Å². The molecule has 2 aliphatic carbocycles. The summed E-state index contributed by atoms with van der Waals surface area (Å²) >= 11 is 0. The van der Waals surface area contributed by atoms with Crippen molar-refractivity contribution in [2.24, 2.45) is 17.8 Å². The molecule has 0 radical (unpaired) electrons. The predicted octanol–water partition coefficient (Wildman–Crippen LogP) is 3.17. The van der Waals surface area contributed by atoms with Crippen LogP contribution in [0.2, 0.25) is 0 Å². The minimum atomic E-state index is -0.557. The van der Waals surface area contributed by atoms with Crippen LogP contribution in [-0.4, -0.2) is 209 Å². The second kappa shape index (κ2) is 32.8. The van der Waals surface area contributed by atoms with Crippen LogP contribution in [0.3, 0.4) is 0 Å². The molecule has 0 spiro atoms. The topological polar surface area (TPSA) is 229 Å². The zero-order valence-corrected chi connectivity index (χ0v) is 44.6. The number of ether oxygens (including phenoxy) is 10. The Morgan fingerprint density at radius 3 is 1.95 bits per heavy atom. The van der Waals surface area contributed by atoms with E-state index in [-0.39, 0.29) is 47.8 Å². The van der Waals surface area contributed by atoms with Gasteiger partial charge in [-0.05, 0) is 67.8 Å². The van der Waals surface area contributed by atoms with Crippen molar-refractivity contribution in [2.75, 3.05) is 160 Å². The number of nitrogens with one attached hydrogen (secondary N) is 3. The van der Waals surface area contributed by atoms with E-state index in [1.54, 1.807) is 43.5 Å². The summed E-state index contributed by atoms with van der Waals surface area (Å²) in [6, 6.07) is 17.3. The largest absolute Gasteiger partial charge is 0.464 e. The van der Waals surface area contributed by atoms with Crippen molar-refractivity contribution in [3.05, 3.63) is 94.6 Å². The van der Waals surface area contributed by atoms with E-state index in [0.29, 0.717) is 142 Å². The number of nitrogens with zero attached hydrogens (tertiary/aromatic N) is 4. The number of pyridine rings is 2. The number of rotatable bonds is 22. The van der Waals surface area contributed by atoms with Crippen LogP contribution in [0.1, 0.15) is 73.6 Å². The molecular weight excluding hydrogens is 983 g/mol. The highest BCUT2D eigenvalue weighted by atomic mass is 16.6. The van der Waals surface area contributed by atoms with Crippen LogP contribution in [0.4, 0.5) is 4.79 Å². The molecule has 76 heavy (non-hydrogen) atoms. The van der Waals surface area contributed by atoms with Crippen molar-refractivity contribution < 1.29 is 66.5 Å². The molecule has 21 nitrogen and oxygen atoms in total. The molecule has 2 unspecified atom stereocenters. The lowest BCUT2D eigenvalue weighted by Gasteiger charge is -2.32. The number of methoxy groups -OCH3 is 3. The summed E-state index contributed by atoms with van der Waals surface area (Å²) in [5.41, 5.74) is 2.97. The number of carbonyl (C=O) groups excluding carboxylic acids is 4. The highest BCUT2D eigenvalue weighted by Gasteiger charge is 2.63. The first-order valence-corrected chi connectivity index (χ1v) is 26.2.